The normalized spacial score (nSPS) is 12.8. The van der Waals surface area contributed by atoms with Gasteiger partial charge in [-0.3, -0.25) is 0 Å². The Bertz CT molecular complexity index is 499. The molecule has 0 fully saturated rings. The van der Waals surface area contributed by atoms with Crippen molar-refractivity contribution >= 4 is 11.3 Å². The van der Waals surface area contributed by atoms with Crippen LogP contribution in [0.4, 0.5) is 0 Å². The summed E-state index contributed by atoms with van der Waals surface area (Å²) in [5.41, 5.74) is 4.29. The predicted molar refractivity (Wildman–Crippen MR) is 94.2 cm³/mol. The molecule has 2 heteroatoms. The first-order valence-electron chi connectivity index (χ1n) is 7.93. The van der Waals surface area contributed by atoms with Gasteiger partial charge in [0.25, 0.3) is 0 Å². The Morgan fingerprint density at radius 1 is 1.05 bits per heavy atom. The maximum absolute atomic E-state index is 3.61. The molecule has 1 aromatic heterocycles. The fourth-order valence-electron chi connectivity index (χ4n) is 2.54. The second kappa shape index (κ2) is 8.35. The fourth-order valence-corrected chi connectivity index (χ4v) is 3.24. The van der Waals surface area contributed by atoms with E-state index in [9.17, 15) is 0 Å². The lowest BCUT2D eigenvalue weighted by Crippen LogP contribution is -2.30. The fraction of sp³-hybridized carbons (Fsp3) is 0.474. The van der Waals surface area contributed by atoms with Crippen LogP contribution >= 0.6 is 11.3 Å². The predicted octanol–water partition coefficient (Wildman–Crippen LogP) is 4.85. The molecule has 0 bridgehead atoms. The topological polar surface area (TPSA) is 12.0 Å². The quantitative estimate of drug-likeness (QED) is 0.735. The van der Waals surface area contributed by atoms with Crippen molar-refractivity contribution in [2.45, 2.75) is 46.1 Å². The molecule has 114 valence electrons. The van der Waals surface area contributed by atoms with E-state index >= 15 is 0 Å². The molecular weight excluding hydrogens is 274 g/mol. The second-order valence-electron chi connectivity index (χ2n) is 6.29. The number of benzene rings is 1. The van der Waals surface area contributed by atoms with E-state index in [2.05, 4.69) is 67.2 Å². The van der Waals surface area contributed by atoms with Crippen molar-refractivity contribution in [2.75, 3.05) is 6.54 Å². The third-order valence-electron chi connectivity index (χ3n) is 3.88. The summed E-state index contributed by atoms with van der Waals surface area (Å²) in [6.45, 7) is 7.71. The van der Waals surface area contributed by atoms with E-state index < -0.39 is 0 Å². The summed E-state index contributed by atoms with van der Waals surface area (Å²) >= 11 is 1.80. The Kier molecular flexibility index (Phi) is 6.47. The number of nitrogens with one attached hydrogen (secondary N) is 1. The lowest BCUT2D eigenvalue weighted by atomic mass is 9.93. The SMILES string of the molecule is Cc1ccc(CC(CCc2ccsc2)CNC(C)C)cc1. The van der Waals surface area contributed by atoms with E-state index in [0.717, 1.165) is 6.54 Å². The van der Waals surface area contributed by atoms with Crippen molar-refractivity contribution in [1.29, 1.82) is 0 Å². The first-order valence-corrected chi connectivity index (χ1v) is 8.88. The van der Waals surface area contributed by atoms with Crippen molar-refractivity contribution in [3.8, 4) is 0 Å². The highest BCUT2D eigenvalue weighted by Gasteiger charge is 2.11. The van der Waals surface area contributed by atoms with E-state index in [-0.39, 0.29) is 0 Å². The lowest BCUT2D eigenvalue weighted by Gasteiger charge is -2.19. The van der Waals surface area contributed by atoms with Crippen molar-refractivity contribution in [2.24, 2.45) is 5.92 Å². The Morgan fingerprint density at radius 2 is 1.81 bits per heavy atom. The van der Waals surface area contributed by atoms with E-state index in [0.29, 0.717) is 12.0 Å². The zero-order valence-corrected chi connectivity index (χ0v) is 14.2. The van der Waals surface area contributed by atoms with Crippen molar-refractivity contribution < 1.29 is 0 Å². The molecular formula is C19H27NS. The zero-order valence-electron chi connectivity index (χ0n) is 13.4. The number of rotatable bonds is 8. The van der Waals surface area contributed by atoms with Crippen LogP contribution in [0.3, 0.4) is 0 Å². The molecule has 0 saturated carbocycles. The maximum atomic E-state index is 3.61. The van der Waals surface area contributed by atoms with Crippen LogP contribution in [0.15, 0.2) is 41.1 Å². The Hall–Kier alpha value is -1.12. The van der Waals surface area contributed by atoms with Crippen LogP contribution in [0.1, 0.15) is 37.0 Å². The average molecular weight is 301 g/mol. The Morgan fingerprint density at radius 3 is 2.43 bits per heavy atom. The minimum Gasteiger partial charge on any atom is -0.314 e. The number of aryl methyl sites for hydroxylation is 2. The summed E-state index contributed by atoms with van der Waals surface area (Å²) in [6, 6.07) is 11.8. The van der Waals surface area contributed by atoms with Gasteiger partial charge in [0.15, 0.2) is 0 Å². The highest BCUT2D eigenvalue weighted by molar-refractivity contribution is 7.07. The third kappa shape index (κ3) is 6.03. The van der Waals surface area contributed by atoms with Crippen molar-refractivity contribution in [1.82, 2.24) is 5.32 Å². The van der Waals surface area contributed by atoms with E-state index in [4.69, 9.17) is 0 Å². The van der Waals surface area contributed by atoms with Crippen LogP contribution in [0, 0.1) is 12.8 Å². The number of hydrogen-bond donors (Lipinski definition) is 1. The summed E-state index contributed by atoms with van der Waals surface area (Å²) in [4.78, 5) is 0. The van der Waals surface area contributed by atoms with Gasteiger partial charge in [-0.2, -0.15) is 11.3 Å². The minimum absolute atomic E-state index is 0.562. The molecule has 1 aromatic carbocycles. The lowest BCUT2D eigenvalue weighted by molar-refractivity contribution is 0.422. The molecule has 1 atom stereocenters. The van der Waals surface area contributed by atoms with Gasteiger partial charge in [-0.15, -0.1) is 0 Å². The molecule has 0 radical (unpaired) electrons. The largest absolute Gasteiger partial charge is 0.314 e. The summed E-state index contributed by atoms with van der Waals surface area (Å²) in [5, 5.41) is 8.06. The smallest absolute Gasteiger partial charge is 0.00104 e. The molecule has 0 aliphatic carbocycles. The van der Waals surface area contributed by atoms with E-state index in [1.165, 1.54) is 36.0 Å². The van der Waals surface area contributed by atoms with Crippen LogP contribution in [0.25, 0.3) is 0 Å². The van der Waals surface area contributed by atoms with Gasteiger partial charge >= 0.3 is 0 Å². The first-order chi connectivity index (χ1) is 10.1. The average Bonchev–Trinajstić information content (AvgIpc) is 2.97. The molecule has 1 unspecified atom stereocenters. The summed E-state index contributed by atoms with van der Waals surface area (Å²) in [6.07, 6.45) is 3.62. The molecule has 0 saturated heterocycles. The molecule has 0 aliphatic heterocycles. The standard InChI is InChI=1S/C19H27NS/c1-15(2)20-13-19(9-8-18-10-11-21-14-18)12-17-6-4-16(3)5-7-17/h4-7,10-11,14-15,19-20H,8-9,12-13H2,1-3H3. The van der Waals surface area contributed by atoms with Crippen LogP contribution in [-0.4, -0.2) is 12.6 Å². The molecule has 1 nitrogen and oxygen atoms in total. The van der Waals surface area contributed by atoms with E-state index in [1.807, 2.05) is 0 Å². The molecule has 1 N–H and O–H groups in total. The van der Waals surface area contributed by atoms with Gasteiger partial charge in [0.1, 0.15) is 0 Å². The van der Waals surface area contributed by atoms with Crippen molar-refractivity contribution in [3.05, 3.63) is 57.8 Å². The second-order valence-corrected chi connectivity index (χ2v) is 7.07. The monoisotopic (exact) mass is 301 g/mol. The highest BCUT2D eigenvalue weighted by Crippen LogP contribution is 2.17. The molecule has 0 aliphatic rings. The summed E-state index contributed by atoms with van der Waals surface area (Å²) in [5.74, 6) is 0.704. The van der Waals surface area contributed by atoms with Crippen LogP contribution in [0.2, 0.25) is 0 Å². The molecule has 21 heavy (non-hydrogen) atoms. The van der Waals surface area contributed by atoms with Gasteiger partial charge in [-0.05, 0) is 66.6 Å². The highest BCUT2D eigenvalue weighted by atomic mass is 32.1. The molecule has 2 rings (SSSR count). The van der Waals surface area contributed by atoms with Crippen LogP contribution < -0.4 is 5.32 Å². The number of hydrogen-bond acceptors (Lipinski definition) is 2. The van der Waals surface area contributed by atoms with Crippen molar-refractivity contribution in [3.63, 3.8) is 0 Å². The number of thiophene rings is 1. The zero-order chi connectivity index (χ0) is 15.1. The molecule has 0 spiro atoms. The minimum atomic E-state index is 0.562. The van der Waals surface area contributed by atoms with E-state index in [1.54, 1.807) is 11.3 Å². The van der Waals surface area contributed by atoms with Gasteiger partial charge < -0.3 is 5.32 Å². The summed E-state index contributed by atoms with van der Waals surface area (Å²) < 4.78 is 0. The molecule has 0 amide bonds. The van der Waals surface area contributed by atoms with Gasteiger partial charge in [0, 0.05) is 6.04 Å². The Labute approximate surface area is 133 Å². The maximum Gasteiger partial charge on any atom is 0.00104 e. The van der Waals surface area contributed by atoms with Crippen LogP contribution in [0.5, 0.6) is 0 Å². The summed E-state index contributed by atoms with van der Waals surface area (Å²) in [7, 11) is 0. The van der Waals surface area contributed by atoms with Gasteiger partial charge in [-0.25, -0.2) is 0 Å². The van der Waals surface area contributed by atoms with Gasteiger partial charge in [0.2, 0.25) is 0 Å². The Balaban J connectivity index is 1.92. The van der Waals surface area contributed by atoms with Gasteiger partial charge in [-0.1, -0.05) is 43.7 Å². The van der Waals surface area contributed by atoms with Crippen LogP contribution in [-0.2, 0) is 12.8 Å². The molecule has 1 heterocycles. The molecule has 2 aromatic rings. The first kappa shape index (κ1) is 16.3. The third-order valence-corrected chi connectivity index (χ3v) is 4.61. The van der Waals surface area contributed by atoms with Gasteiger partial charge in [0.05, 0.1) is 0 Å².